The molecule has 2 aromatic heterocycles. The highest BCUT2D eigenvalue weighted by molar-refractivity contribution is 7.94. The number of carboxylic acids is 1. The van der Waals surface area contributed by atoms with Crippen molar-refractivity contribution in [1.29, 1.82) is 5.26 Å². The minimum absolute atomic E-state index is 0.0840. The number of nitrogens with zero attached hydrogens (tertiary/aromatic N) is 3. The fraction of sp³-hybridized carbons (Fsp3) is 0.0714. The Labute approximate surface area is 139 Å². The second-order valence-corrected chi connectivity index (χ2v) is 5.51. The smallest absolute Gasteiger partial charge is 0.340 e. The van der Waals surface area contributed by atoms with Crippen LogP contribution in [0.5, 0.6) is 0 Å². The summed E-state index contributed by atoms with van der Waals surface area (Å²) >= 11 is 0.823. The number of benzene rings is 1. The van der Waals surface area contributed by atoms with Gasteiger partial charge >= 0.3 is 5.97 Å². The first-order valence-corrected chi connectivity index (χ1v) is 7.30. The summed E-state index contributed by atoms with van der Waals surface area (Å²) in [5.41, 5.74) is 1.33. The van der Waals surface area contributed by atoms with Crippen LogP contribution < -0.4 is 0 Å². The van der Waals surface area contributed by atoms with Gasteiger partial charge in [-0.25, -0.2) is 19.6 Å². The van der Waals surface area contributed by atoms with Gasteiger partial charge in [0.2, 0.25) is 0 Å². The molecule has 0 amide bonds. The zero-order valence-corrected chi connectivity index (χ0v) is 13.0. The molecule has 0 fully saturated rings. The number of fused-ring (bicyclic) bond motifs is 1. The van der Waals surface area contributed by atoms with E-state index in [1.54, 1.807) is 31.2 Å². The van der Waals surface area contributed by atoms with Crippen LogP contribution in [0.25, 0.3) is 17.0 Å². The topological polar surface area (TPSA) is 133 Å². The van der Waals surface area contributed by atoms with Crippen molar-refractivity contribution in [2.75, 3.05) is 0 Å². The number of aryl methyl sites for hydroxylation is 1. The van der Waals surface area contributed by atoms with E-state index in [1.165, 1.54) is 4.52 Å². The van der Waals surface area contributed by atoms with Crippen molar-refractivity contribution in [2.24, 2.45) is 0 Å². The van der Waals surface area contributed by atoms with E-state index < -0.39 is 5.97 Å². The van der Waals surface area contributed by atoms with Crippen LogP contribution in [0.15, 0.2) is 29.2 Å². The number of nitriles is 1. The average molecular weight is 346 g/mol. The predicted molar refractivity (Wildman–Crippen MR) is 82.0 cm³/mol. The van der Waals surface area contributed by atoms with Gasteiger partial charge in [0.1, 0.15) is 11.6 Å². The molecule has 3 rings (SSSR count). The molecule has 2 heterocycles. The normalized spacial score (nSPS) is 10.9. The lowest BCUT2D eigenvalue weighted by atomic mass is 10.1. The maximum atomic E-state index is 11.4. The highest BCUT2D eigenvalue weighted by atomic mass is 32.2. The lowest BCUT2D eigenvalue weighted by Gasteiger charge is -2.00. The maximum absolute atomic E-state index is 11.4. The fourth-order valence-corrected chi connectivity index (χ4v) is 2.70. The summed E-state index contributed by atoms with van der Waals surface area (Å²) in [6.45, 7) is 1.64. The van der Waals surface area contributed by atoms with Gasteiger partial charge in [-0.05, 0) is 19.1 Å². The molecular formula is C14H10N4O5S. The van der Waals surface area contributed by atoms with Crippen molar-refractivity contribution in [3.8, 4) is 17.5 Å². The number of hydrogen-bond donors (Lipinski definition) is 3. The van der Waals surface area contributed by atoms with E-state index in [9.17, 15) is 9.90 Å². The number of nitrogens with one attached hydrogen (secondary N) is 1. The Kier molecular flexibility index (Phi) is 4.24. The van der Waals surface area contributed by atoms with Crippen molar-refractivity contribution in [3.05, 3.63) is 41.1 Å². The Balaban J connectivity index is 2.04. The molecule has 1 aromatic carbocycles. The molecule has 0 atom stereocenters. The van der Waals surface area contributed by atoms with Gasteiger partial charge in [0, 0.05) is 10.5 Å². The van der Waals surface area contributed by atoms with Gasteiger partial charge in [0.25, 0.3) is 0 Å². The predicted octanol–water partition coefficient (Wildman–Crippen LogP) is 2.64. The number of carboxylic acid groups (broad SMARTS) is 1. The van der Waals surface area contributed by atoms with Crippen LogP contribution in [0.1, 0.15) is 21.6 Å². The van der Waals surface area contributed by atoms with E-state index in [4.69, 9.17) is 10.5 Å². The number of H-pyrrole nitrogens is 1. The Morgan fingerprint density at radius 1 is 1.42 bits per heavy atom. The quantitative estimate of drug-likeness (QED) is 0.365. The van der Waals surface area contributed by atoms with Gasteiger partial charge in [-0.2, -0.15) is 5.26 Å². The largest absolute Gasteiger partial charge is 0.478 e. The molecule has 24 heavy (non-hydrogen) atoms. The molecule has 0 aliphatic heterocycles. The Bertz CT molecular complexity index is 954. The third kappa shape index (κ3) is 2.61. The summed E-state index contributed by atoms with van der Waals surface area (Å²) in [7, 11) is 0. The molecule has 9 nitrogen and oxygen atoms in total. The summed E-state index contributed by atoms with van der Waals surface area (Å²) in [6.07, 6.45) is 0. The van der Waals surface area contributed by atoms with Crippen LogP contribution in [0, 0.1) is 18.3 Å². The van der Waals surface area contributed by atoms with Crippen LogP contribution in [0.2, 0.25) is 0 Å². The first-order valence-electron chi connectivity index (χ1n) is 6.56. The molecule has 0 aliphatic rings. The highest BCUT2D eigenvalue weighted by Crippen LogP contribution is 2.26. The van der Waals surface area contributed by atoms with Crippen molar-refractivity contribution in [3.63, 3.8) is 0 Å². The average Bonchev–Trinajstić information content (AvgIpc) is 3.11. The molecule has 3 aromatic rings. The highest BCUT2D eigenvalue weighted by Gasteiger charge is 2.24. The number of aromatic nitrogens is 3. The number of carbonyl (C=O) groups is 1. The van der Waals surface area contributed by atoms with Gasteiger partial charge in [-0.3, -0.25) is 5.10 Å². The van der Waals surface area contributed by atoms with Crippen molar-refractivity contribution in [1.82, 2.24) is 14.6 Å². The fourth-order valence-electron chi connectivity index (χ4n) is 2.35. The molecule has 0 bridgehead atoms. The van der Waals surface area contributed by atoms with E-state index in [-0.39, 0.29) is 16.8 Å². The first kappa shape index (κ1) is 16.0. The zero-order valence-electron chi connectivity index (χ0n) is 12.2. The second kappa shape index (κ2) is 6.34. The minimum Gasteiger partial charge on any atom is -0.478 e. The van der Waals surface area contributed by atoms with Crippen LogP contribution in [-0.4, -0.2) is 30.9 Å². The van der Waals surface area contributed by atoms with Gasteiger partial charge in [0.15, 0.2) is 11.5 Å². The molecule has 10 heteroatoms. The maximum Gasteiger partial charge on any atom is 0.340 e. The molecule has 122 valence electrons. The van der Waals surface area contributed by atoms with Crippen LogP contribution in [-0.2, 0) is 9.37 Å². The number of hydrogen-bond acceptors (Lipinski definition) is 7. The van der Waals surface area contributed by atoms with Crippen LogP contribution in [0.3, 0.4) is 0 Å². The molecule has 3 N–H and O–H groups in total. The van der Waals surface area contributed by atoms with Crippen LogP contribution >= 0.6 is 12.0 Å². The minimum atomic E-state index is -1.21. The third-order valence-electron chi connectivity index (χ3n) is 3.43. The Morgan fingerprint density at radius 3 is 2.71 bits per heavy atom. The van der Waals surface area contributed by atoms with Crippen molar-refractivity contribution >= 4 is 23.7 Å². The monoisotopic (exact) mass is 346 g/mol. The van der Waals surface area contributed by atoms with Gasteiger partial charge in [-0.15, -0.1) is 4.33 Å². The summed E-state index contributed by atoms with van der Waals surface area (Å²) in [5.74, 6) is -0.751. The molecule has 0 aliphatic carbocycles. The lowest BCUT2D eigenvalue weighted by Crippen LogP contribution is -1.98. The van der Waals surface area contributed by atoms with Gasteiger partial charge in [0.05, 0.1) is 23.3 Å². The number of rotatable bonds is 5. The summed E-state index contributed by atoms with van der Waals surface area (Å²) in [6, 6.07) is 8.79. The molecule has 0 saturated heterocycles. The summed E-state index contributed by atoms with van der Waals surface area (Å²) < 4.78 is 5.81. The standard InChI is InChI=1S/C14H10N4O5S/c1-7-10(6-15)11(14(19)20)13-16-12(17-18(7)13)8-2-4-9(5-3-8)24-23-22-21/h2-5,21H,1H3,(H,16,17)(H,19,20). The molecule has 0 saturated carbocycles. The zero-order chi connectivity index (χ0) is 17.3. The van der Waals surface area contributed by atoms with E-state index in [0.29, 0.717) is 22.0 Å². The van der Waals surface area contributed by atoms with E-state index in [2.05, 4.69) is 19.5 Å². The second-order valence-electron chi connectivity index (χ2n) is 4.73. The summed E-state index contributed by atoms with van der Waals surface area (Å²) in [5, 5.41) is 33.1. The van der Waals surface area contributed by atoms with Gasteiger partial charge in [-0.1, -0.05) is 17.2 Å². The number of aromatic carboxylic acids is 1. The summed E-state index contributed by atoms with van der Waals surface area (Å²) in [4.78, 5) is 16.4. The van der Waals surface area contributed by atoms with E-state index in [0.717, 1.165) is 12.0 Å². The van der Waals surface area contributed by atoms with E-state index >= 15 is 0 Å². The van der Waals surface area contributed by atoms with Crippen molar-refractivity contribution < 1.29 is 24.5 Å². The van der Waals surface area contributed by atoms with E-state index in [1.807, 2.05) is 6.07 Å². The van der Waals surface area contributed by atoms with Crippen molar-refractivity contribution in [2.45, 2.75) is 11.8 Å². The number of aromatic amines is 1. The first-order chi connectivity index (χ1) is 11.6. The molecule has 0 radical (unpaired) electrons. The molecule has 0 unspecified atom stereocenters. The Hall–Kier alpha value is -2.84. The molecular weight excluding hydrogens is 336 g/mol. The lowest BCUT2D eigenvalue weighted by molar-refractivity contribution is -0.432. The Morgan fingerprint density at radius 2 is 2.12 bits per heavy atom. The van der Waals surface area contributed by atoms with Gasteiger partial charge < -0.3 is 5.11 Å². The third-order valence-corrected chi connectivity index (χ3v) is 4.03. The van der Waals surface area contributed by atoms with Crippen LogP contribution in [0.4, 0.5) is 0 Å². The molecule has 0 spiro atoms. The SMILES string of the molecule is Cc1c(C#N)c(C(=O)O)c2nc(-c3ccc(SOOO)cc3)[nH]n12.